The third-order valence-corrected chi connectivity index (χ3v) is 6.85. The Morgan fingerprint density at radius 2 is 1.12 bits per heavy atom. The Kier molecular flexibility index (Phi) is 19.3. The van der Waals surface area contributed by atoms with Crippen LogP contribution in [0.15, 0.2) is 0 Å². The number of unbranched alkanes of at least 4 members (excludes halogenated alkanes) is 13. The van der Waals surface area contributed by atoms with Crippen molar-refractivity contribution in [2.24, 2.45) is 0 Å². The highest BCUT2D eigenvalue weighted by molar-refractivity contribution is 5.73. The topological polar surface area (TPSA) is 126 Å². The molecule has 1 aliphatic rings. The van der Waals surface area contributed by atoms with Crippen LogP contribution >= 0.6 is 0 Å². The molecule has 0 aromatic carbocycles. The number of amides is 1. The second kappa shape index (κ2) is 21.5. The van der Waals surface area contributed by atoms with Crippen LogP contribution in [-0.2, 0) is 42.9 Å². The van der Waals surface area contributed by atoms with Gasteiger partial charge in [0.25, 0.3) is 0 Å². The van der Waals surface area contributed by atoms with E-state index in [1.165, 1.54) is 98.3 Å². The van der Waals surface area contributed by atoms with Crippen LogP contribution in [0.3, 0.4) is 0 Å². The van der Waals surface area contributed by atoms with E-state index in [-0.39, 0.29) is 6.61 Å². The number of hydrogen-bond acceptors (Lipinski definition) is 9. The van der Waals surface area contributed by atoms with E-state index in [4.69, 9.17) is 23.7 Å². The van der Waals surface area contributed by atoms with E-state index in [9.17, 15) is 19.2 Å². The van der Waals surface area contributed by atoms with E-state index in [0.29, 0.717) is 6.61 Å². The summed E-state index contributed by atoms with van der Waals surface area (Å²) in [6.45, 7) is 7.37. The van der Waals surface area contributed by atoms with Gasteiger partial charge in [-0.1, -0.05) is 90.4 Å². The fraction of sp³-hybridized carbons (Fsp3) is 0.867. The number of nitrogens with one attached hydrogen (secondary N) is 1. The van der Waals surface area contributed by atoms with Gasteiger partial charge in [-0.05, 0) is 6.42 Å². The van der Waals surface area contributed by atoms with E-state index in [0.717, 1.165) is 19.3 Å². The molecule has 0 unspecified atom stereocenters. The summed E-state index contributed by atoms with van der Waals surface area (Å²) in [7, 11) is 0. The van der Waals surface area contributed by atoms with Crippen LogP contribution in [-0.4, -0.2) is 67.7 Å². The number of hydrogen-bond donors (Lipinski definition) is 1. The molecule has 1 heterocycles. The second-order valence-electron chi connectivity index (χ2n) is 10.7. The molecule has 10 heteroatoms. The van der Waals surface area contributed by atoms with Crippen molar-refractivity contribution in [1.82, 2.24) is 5.32 Å². The lowest BCUT2D eigenvalue weighted by atomic mass is 9.96. The zero-order chi connectivity index (χ0) is 29.8. The van der Waals surface area contributed by atoms with E-state index in [1.54, 1.807) is 0 Å². The number of rotatable bonds is 21. The minimum Gasteiger partial charge on any atom is -0.463 e. The van der Waals surface area contributed by atoms with Gasteiger partial charge in [0, 0.05) is 34.3 Å². The SMILES string of the molecule is CCCCCCCCCCCCCCCCO[C@@H]1O[C@H](COC(C)=O)[C@H](OC(C)=O)[C@@H](OC(C)=O)[C@@H]1NC(C)=O. The largest absolute Gasteiger partial charge is 0.463 e. The fourth-order valence-corrected chi connectivity index (χ4v) is 4.93. The predicted molar refractivity (Wildman–Crippen MR) is 150 cm³/mol. The molecular formula is C30H53NO9. The van der Waals surface area contributed by atoms with E-state index in [1.807, 2.05) is 0 Å². The first-order chi connectivity index (χ1) is 19.1. The van der Waals surface area contributed by atoms with Crippen molar-refractivity contribution >= 4 is 23.8 Å². The predicted octanol–water partition coefficient (Wildman–Crippen LogP) is 5.14. The molecule has 232 valence electrons. The number of ether oxygens (including phenoxy) is 5. The van der Waals surface area contributed by atoms with Crippen molar-refractivity contribution in [3.63, 3.8) is 0 Å². The molecule has 0 saturated carbocycles. The smallest absolute Gasteiger partial charge is 0.303 e. The summed E-state index contributed by atoms with van der Waals surface area (Å²) in [6, 6.07) is -0.925. The normalized spacial score (nSPS) is 22.4. The Balaban J connectivity index is 2.55. The summed E-state index contributed by atoms with van der Waals surface area (Å²) in [5, 5.41) is 2.71. The molecular weight excluding hydrogens is 518 g/mol. The maximum absolute atomic E-state index is 12.0. The monoisotopic (exact) mass is 571 g/mol. The summed E-state index contributed by atoms with van der Waals surface area (Å²) in [6.07, 6.45) is 13.2. The van der Waals surface area contributed by atoms with Crippen LogP contribution in [0.5, 0.6) is 0 Å². The Bertz CT molecular complexity index is 745. The molecule has 0 aromatic heterocycles. The average molecular weight is 572 g/mol. The summed E-state index contributed by atoms with van der Waals surface area (Å²) in [5.74, 6) is -2.20. The molecule has 5 atom stereocenters. The molecule has 10 nitrogen and oxygen atoms in total. The lowest BCUT2D eigenvalue weighted by Gasteiger charge is -2.44. The van der Waals surface area contributed by atoms with Crippen molar-refractivity contribution in [3.05, 3.63) is 0 Å². The molecule has 1 amide bonds. The van der Waals surface area contributed by atoms with E-state index >= 15 is 0 Å². The Hall–Kier alpha value is -2.20. The molecule has 40 heavy (non-hydrogen) atoms. The molecule has 0 radical (unpaired) electrons. The van der Waals surface area contributed by atoms with Gasteiger partial charge in [-0.2, -0.15) is 0 Å². The molecule has 1 aliphatic heterocycles. The average Bonchev–Trinajstić information content (AvgIpc) is 2.87. The van der Waals surface area contributed by atoms with Crippen molar-refractivity contribution in [1.29, 1.82) is 0 Å². The van der Waals surface area contributed by atoms with Crippen LogP contribution in [0.2, 0.25) is 0 Å². The van der Waals surface area contributed by atoms with Crippen LogP contribution in [0.1, 0.15) is 125 Å². The third kappa shape index (κ3) is 16.2. The van der Waals surface area contributed by atoms with Gasteiger partial charge in [0.15, 0.2) is 18.5 Å². The first-order valence-electron chi connectivity index (χ1n) is 15.2. The number of carbonyl (C=O) groups excluding carboxylic acids is 4. The molecule has 0 spiro atoms. The Morgan fingerprint density at radius 3 is 1.57 bits per heavy atom. The van der Waals surface area contributed by atoms with Crippen LogP contribution < -0.4 is 5.32 Å². The molecule has 1 fully saturated rings. The van der Waals surface area contributed by atoms with Gasteiger partial charge in [-0.15, -0.1) is 0 Å². The quantitative estimate of drug-likeness (QED) is 0.113. The Morgan fingerprint density at radius 1 is 0.650 bits per heavy atom. The lowest BCUT2D eigenvalue weighted by molar-refractivity contribution is -0.277. The summed E-state index contributed by atoms with van der Waals surface area (Å²) in [5.41, 5.74) is 0. The van der Waals surface area contributed by atoms with Crippen molar-refractivity contribution in [2.75, 3.05) is 13.2 Å². The van der Waals surface area contributed by atoms with Crippen LogP contribution in [0, 0.1) is 0 Å². The van der Waals surface area contributed by atoms with Gasteiger partial charge in [-0.3, -0.25) is 19.2 Å². The Labute approximate surface area is 240 Å². The number of esters is 3. The summed E-state index contributed by atoms with van der Waals surface area (Å²) in [4.78, 5) is 47.2. The highest BCUT2D eigenvalue weighted by Gasteiger charge is 2.51. The highest BCUT2D eigenvalue weighted by Crippen LogP contribution is 2.28. The van der Waals surface area contributed by atoms with Gasteiger partial charge < -0.3 is 29.0 Å². The minimum atomic E-state index is -1.11. The van der Waals surface area contributed by atoms with Crippen molar-refractivity contribution in [3.8, 4) is 0 Å². The lowest BCUT2D eigenvalue weighted by Crippen LogP contribution is -2.66. The molecule has 0 aliphatic carbocycles. The van der Waals surface area contributed by atoms with Gasteiger partial charge in [0.1, 0.15) is 18.8 Å². The number of carbonyl (C=O) groups is 4. The summed E-state index contributed by atoms with van der Waals surface area (Å²) < 4.78 is 28.0. The maximum Gasteiger partial charge on any atom is 0.303 e. The first-order valence-corrected chi connectivity index (χ1v) is 15.2. The standard InChI is InChI=1S/C30H53NO9/c1-6-7-8-9-10-11-12-13-14-15-16-17-18-19-20-36-30-27(31-22(2)32)29(39-25(5)35)28(38-24(4)34)26(40-30)21-37-23(3)33/h26-30H,6-21H2,1-5H3,(H,31,32)/t26-,27+,28+,29+,30-/m1/s1. The van der Waals surface area contributed by atoms with Crippen LogP contribution in [0.25, 0.3) is 0 Å². The van der Waals surface area contributed by atoms with Crippen LogP contribution in [0.4, 0.5) is 0 Å². The van der Waals surface area contributed by atoms with Gasteiger partial charge in [-0.25, -0.2) is 0 Å². The minimum absolute atomic E-state index is 0.240. The third-order valence-electron chi connectivity index (χ3n) is 6.85. The van der Waals surface area contributed by atoms with Gasteiger partial charge in [0.05, 0.1) is 0 Å². The second-order valence-corrected chi connectivity index (χ2v) is 10.7. The van der Waals surface area contributed by atoms with Gasteiger partial charge in [0.2, 0.25) is 5.91 Å². The molecule has 1 N–H and O–H groups in total. The molecule has 0 aromatic rings. The first kappa shape index (κ1) is 35.8. The van der Waals surface area contributed by atoms with E-state index in [2.05, 4.69) is 12.2 Å². The zero-order valence-electron chi connectivity index (χ0n) is 25.4. The highest BCUT2D eigenvalue weighted by atomic mass is 16.7. The van der Waals surface area contributed by atoms with Crippen molar-refractivity contribution < 1.29 is 42.9 Å². The maximum atomic E-state index is 12.0. The summed E-state index contributed by atoms with van der Waals surface area (Å²) >= 11 is 0. The van der Waals surface area contributed by atoms with Gasteiger partial charge >= 0.3 is 17.9 Å². The fourth-order valence-electron chi connectivity index (χ4n) is 4.93. The molecule has 1 saturated heterocycles. The van der Waals surface area contributed by atoms with Crippen molar-refractivity contribution in [2.45, 2.75) is 155 Å². The molecule has 1 rings (SSSR count). The van der Waals surface area contributed by atoms with E-state index < -0.39 is 54.5 Å². The zero-order valence-corrected chi connectivity index (χ0v) is 25.4. The molecule has 0 bridgehead atoms.